The molecule has 0 unspecified atom stereocenters. The largest absolute Gasteiger partial charge is 0.328 e. The minimum Gasteiger partial charge on any atom is -0.328 e. The van der Waals surface area contributed by atoms with Crippen molar-refractivity contribution in [3.63, 3.8) is 0 Å². The number of hydrogen-bond acceptors (Lipinski definition) is 4. The van der Waals surface area contributed by atoms with Gasteiger partial charge in [0, 0.05) is 18.4 Å². The minimum atomic E-state index is -0.378. The van der Waals surface area contributed by atoms with E-state index in [-0.39, 0.29) is 11.6 Å². The summed E-state index contributed by atoms with van der Waals surface area (Å²) >= 11 is 3.31. The number of nitrogens with two attached hydrogens (primary N) is 2. The van der Waals surface area contributed by atoms with Crippen LogP contribution in [-0.2, 0) is 5.54 Å². The Labute approximate surface area is 97.6 Å². The van der Waals surface area contributed by atoms with Crippen LogP contribution < -0.4 is 11.5 Å². The molecule has 0 spiro atoms. The first-order valence-electron chi connectivity index (χ1n) is 5.13. The van der Waals surface area contributed by atoms with Crippen molar-refractivity contribution < 1.29 is 0 Å². The first kappa shape index (κ1) is 11.0. The summed E-state index contributed by atoms with van der Waals surface area (Å²) < 4.78 is 0.877. The summed E-state index contributed by atoms with van der Waals surface area (Å²) in [6.07, 6.45) is 7.13. The molecule has 1 aromatic rings. The standard InChI is InChI=1S/C10H15BrN4/c11-7-5-14-9(15-6-7)10(13)3-1-8(12)2-4-10/h5-6,8H,1-4,12-13H2. The van der Waals surface area contributed by atoms with E-state index in [2.05, 4.69) is 25.9 Å². The van der Waals surface area contributed by atoms with Crippen molar-refractivity contribution in [2.45, 2.75) is 37.3 Å². The third-order valence-corrected chi connectivity index (χ3v) is 3.40. The molecule has 0 aliphatic heterocycles. The third-order valence-electron chi connectivity index (χ3n) is 2.99. The van der Waals surface area contributed by atoms with Gasteiger partial charge in [-0.05, 0) is 41.6 Å². The number of nitrogens with zero attached hydrogens (tertiary/aromatic N) is 2. The van der Waals surface area contributed by atoms with Crippen LogP contribution >= 0.6 is 15.9 Å². The molecule has 5 heteroatoms. The normalized spacial score (nSPS) is 31.5. The molecule has 4 nitrogen and oxygen atoms in total. The third kappa shape index (κ3) is 2.35. The molecule has 0 radical (unpaired) electrons. The van der Waals surface area contributed by atoms with E-state index in [9.17, 15) is 0 Å². The van der Waals surface area contributed by atoms with E-state index in [1.165, 1.54) is 0 Å². The quantitative estimate of drug-likeness (QED) is 0.806. The summed E-state index contributed by atoms with van der Waals surface area (Å²) in [5.74, 6) is 0.734. The Morgan fingerprint density at radius 1 is 1.27 bits per heavy atom. The first-order chi connectivity index (χ1) is 7.10. The lowest BCUT2D eigenvalue weighted by atomic mass is 9.80. The minimum absolute atomic E-state index is 0.289. The highest BCUT2D eigenvalue weighted by atomic mass is 79.9. The maximum absolute atomic E-state index is 6.30. The van der Waals surface area contributed by atoms with Gasteiger partial charge in [0.25, 0.3) is 0 Å². The van der Waals surface area contributed by atoms with Crippen LogP contribution in [0.15, 0.2) is 16.9 Å². The predicted molar refractivity (Wildman–Crippen MR) is 62.0 cm³/mol. The molecule has 1 aromatic heterocycles. The Bertz CT molecular complexity index is 330. The fourth-order valence-corrected chi connectivity index (χ4v) is 2.15. The van der Waals surface area contributed by atoms with Gasteiger partial charge in [-0.3, -0.25) is 0 Å². The van der Waals surface area contributed by atoms with Gasteiger partial charge in [0.2, 0.25) is 0 Å². The molecule has 1 aliphatic carbocycles. The molecule has 0 aromatic carbocycles. The van der Waals surface area contributed by atoms with Crippen LogP contribution in [0.5, 0.6) is 0 Å². The summed E-state index contributed by atoms with van der Waals surface area (Å²) in [6.45, 7) is 0. The van der Waals surface area contributed by atoms with Crippen molar-refractivity contribution in [3.8, 4) is 0 Å². The van der Waals surface area contributed by atoms with Gasteiger partial charge in [-0.25, -0.2) is 9.97 Å². The SMILES string of the molecule is NC1CCC(N)(c2ncc(Br)cn2)CC1. The van der Waals surface area contributed by atoms with Crippen LogP contribution in [0.25, 0.3) is 0 Å². The zero-order chi connectivity index (χ0) is 10.9. The molecule has 0 amide bonds. The van der Waals surface area contributed by atoms with Gasteiger partial charge in [-0.1, -0.05) is 0 Å². The van der Waals surface area contributed by atoms with Crippen LogP contribution in [0, 0.1) is 0 Å². The van der Waals surface area contributed by atoms with Gasteiger partial charge in [0.05, 0.1) is 10.0 Å². The Kier molecular flexibility index (Phi) is 3.04. The Balaban J connectivity index is 2.18. The van der Waals surface area contributed by atoms with E-state index in [1.54, 1.807) is 12.4 Å². The number of halogens is 1. The Morgan fingerprint density at radius 2 is 1.80 bits per heavy atom. The van der Waals surface area contributed by atoms with Gasteiger partial charge in [0.15, 0.2) is 0 Å². The first-order valence-corrected chi connectivity index (χ1v) is 5.92. The topological polar surface area (TPSA) is 77.8 Å². The lowest BCUT2D eigenvalue weighted by Crippen LogP contribution is -2.44. The fraction of sp³-hybridized carbons (Fsp3) is 0.600. The number of hydrogen-bond donors (Lipinski definition) is 2. The van der Waals surface area contributed by atoms with Crippen molar-refractivity contribution in [1.82, 2.24) is 9.97 Å². The Hall–Kier alpha value is -0.520. The second-order valence-corrected chi connectivity index (χ2v) is 5.13. The lowest BCUT2D eigenvalue weighted by Gasteiger charge is -2.34. The molecular formula is C10H15BrN4. The van der Waals surface area contributed by atoms with Crippen molar-refractivity contribution >= 4 is 15.9 Å². The molecule has 1 fully saturated rings. The van der Waals surface area contributed by atoms with Gasteiger partial charge in [-0.2, -0.15) is 0 Å². The second-order valence-electron chi connectivity index (χ2n) is 4.22. The highest BCUT2D eigenvalue weighted by Crippen LogP contribution is 2.32. The molecule has 0 saturated heterocycles. The summed E-state index contributed by atoms with van der Waals surface area (Å²) in [5.41, 5.74) is 11.8. The van der Waals surface area contributed by atoms with E-state index in [1.807, 2.05) is 0 Å². The smallest absolute Gasteiger partial charge is 0.148 e. The van der Waals surface area contributed by atoms with Gasteiger partial charge < -0.3 is 11.5 Å². The van der Waals surface area contributed by atoms with Crippen LogP contribution in [0.1, 0.15) is 31.5 Å². The summed E-state index contributed by atoms with van der Waals surface area (Å²) in [7, 11) is 0. The average Bonchev–Trinajstić information content (AvgIpc) is 2.24. The van der Waals surface area contributed by atoms with E-state index in [0.717, 1.165) is 36.0 Å². The predicted octanol–water partition coefficient (Wildman–Crippen LogP) is 1.29. The molecule has 2 rings (SSSR count). The monoisotopic (exact) mass is 270 g/mol. The zero-order valence-corrected chi connectivity index (χ0v) is 10.1. The van der Waals surface area contributed by atoms with Crippen LogP contribution in [0.3, 0.4) is 0 Å². The van der Waals surface area contributed by atoms with Crippen LogP contribution in [0.2, 0.25) is 0 Å². The van der Waals surface area contributed by atoms with Crippen molar-refractivity contribution in [1.29, 1.82) is 0 Å². The molecule has 1 saturated carbocycles. The van der Waals surface area contributed by atoms with Gasteiger partial charge >= 0.3 is 0 Å². The zero-order valence-electron chi connectivity index (χ0n) is 8.49. The number of aromatic nitrogens is 2. The van der Waals surface area contributed by atoms with E-state index in [4.69, 9.17) is 11.5 Å². The van der Waals surface area contributed by atoms with E-state index in [0.29, 0.717) is 0 Å². The van der Waals surface area contributed by atoms with Gasteiger partial charge in [-0.15, -0.1) is 0 Å². The molecule has 15 heavy (non-hydrogen) atoms. The number of rotatable bonds is 1. The van der Waals surface area contributed by atoms with E-state index >= 15 is 0 Å². The molecule has 1 aliphatic rings. The van der Waals surface area contributed by atoms with E-state index < -0.39 is 0 Å². The van der Waals surface area contributed by atoms with Crippen molar-refractivity contribution in [3.05, 3.63) is 22.7 Å². The fourth-order valence-electron chi connectivity index (χ4n) is 1.95. The second kappa shape index (κ2) is 4.15. The van der Waals surface area contributed by atoms with Crippen molar-refractivity contribution in [2.75, 3.05) is 0 Å². The van der Waals surface area contributed by atoms with Crippen LogP contribution in [-0.4, -0.2) is 16.0 Å². The molecular weight excluding hydrogens is 256 g/mol. The molecule has 0 bridgehead atoms. The maximum atomic E-state index is 6.30. The summed E-state index contributed by atoms with van der Waals surface area (Å²) in [5, 5.41) is 0. The molecule has 4 N–H and O–H groups in total. The lowest BCUT2D eigenvalue weighted by molar-refractivity contribution is 0.264. The highest BCUT2D eigenvalue weighted by molar-refractivity contribution is 9.10. The molecule has 0 atom stereocenters. The molecule has 1 heterocycles. The summed E-state index contributed by atoms with van der Waals surface area (Å²) in [6, 6.07) is 0.289. The molecule has 82 valence electrons. The van der Waals surface area contributed by atoms with Crippen LogP contribution in [0.4, 0.5) is 0 Å². The highest BCUT2D eigenvalue weighted by Gasteiger charge is 2.34. The van der Waals surface area contributed by atoms with Gasteiger partial charge in [0.1, 0.15) is 5.82 Å². The maximum Gasteiger partial charge on any atom is 0.148 e. The summed E-state index contributed by atoms with van der Waals surface area (Å²) in [4.78, 5) is 8.55. The Morgan fingerprint density at radius 3 is 2.33 bits per heavy atom. The average molecular weight is 271 g/mol. The van der Waals surface area contributed by atoms with Crippen molar-refractivity contribution in [2.24, 2.45) is 11.5 Å².